The highest BCUT2D eigenvalue weighted by Crippen LogP contribution is 2.12. The van der Waals surface area contributed by atoms with Crippen molar-refractivity contribution >= 4 is 35.6 Å². The van der Waals surface area contributed by atoms with E-state index in [2.05, 4.69) is 33.1 Å². The van der Waals surface area contributed by atoms with Gasteiger partial charge in [0.25, 0.3) is 0 Å². The lowest BCUT2D eigenvalue weighted by atomic mass is 10.2. The summed E-state index contributed by atoms with van der Waals surface area (Å²) < 4.78 is 5.65. The summed E-state index contributed by atoms with van der Waals surface area (Å²) in [5, 5.41) is 10.1. The van der Waals surface area contributed by atoms with Crippen LogP contribution in [0.25, 0.3) is 0 Å². The van der Waals surface area contributed by atoms with E-state index in [9.17, 15) is 0 Å². The summed E-state index contributed by atoms with van der Waals surface area (Å²) in [4.78, 5) is 2.24. The molecule has 3 aliphatic rings. The SMILES string of the molecule is CCC1CN(C2=NN3NNN=C3C=C2)CCO1.I. The maximum Gasteiger partial charge on any atom is 0.189 e. The Bertz CT molecular complexity index is 396. The van der Waals surface area contributed by atoms with Crippen LogP contribution in [0.2, 0.25) is 0 Å². The van der Waals surface area contributed by atoms with Gasteiger partial charge in [-0.3, -0.25) is 0 Å². The number of rotatable bonds is 1. The predicted octanol–water partition coefficient (Wildman–Crippen LogP) is 0.237. The molecule has 100 valence electrons. The van der Waals surface area contributed by atoms with Crippen LogP contribution < -0.4 is 11.1 Å². The summed E-state index contributed by atoms with van der Waals surface area (Å²) in [5.74, 6) is 1.72. The van der Waals surface area contributed by atoms with E-state index in [0.29, 0.717) is 6.10 Å². The third-order valence-electron chi connectivity index (χ3n) is 3.05. The van der Waals surface area contributed by atoms with Gasteiger partial charge in [-0.05, 0) is 18.6 Å². The Kier molecular flexibility index (Phi) is 4.40. The fourth-order valence-corrected chi connectivity index (χ4v) is 2.05. The molecule has 3 rings (SSSR count). The summed E-state index contributed by atoms with van der Waals surface area (Å²) in [5.41, 5.74) is 5.51. The maximum absolute atomic E-state index is 5.65. The van der Waals surface area contributed by atoms with Crippen LogP contribution >= 0.6 is 24.0 Å². The average Bonchev–Trinajstić information content (AvgIpc) is 2.86. The number of nitrogens with zero attached hydrogens (tertiary/aromatic N) is 4. The molecule has 0 spiro atoms. The molecule has 0 bridgehead atoms. The van der Waals surface area contributed by atoms with Gasteiger partial charge >= 0.3 is 0 Å². The van der Waals surface area contributed by atoms with E-state index in [-0.39, 0.29) is 24.0 Å². The fraction of sp³-hybridized carbons (Fsp3) is 0.600. The molecule has 1 saturated heterocycles. The van der Waals surface area contributed by atoms with Gasteiger partial charge in [0.05, 0.1) is 12.7 Å². The Morgan fingerprint density at radius 3 is 3.11 bits per heavy atom. The van der Waals surface area contributed by atoms with Crippen LogP contribution in [-0.2, 0) is 4.74 Å². The predicted molar refractivity (Wildman–Crippen MR) is 79.1 cm³/mol. The minimum Gasteiger partial charge on any atom is -0.375 e. The molecule has 3 heterocycles. The molecule has 0 aliphatic carbocycles. The fourth-order valence-electron chi connectivity index (χ4n) is 2.05. The summed E-state index contributed by atoms with van der Waals surface area (Å²) >= 11 is 0. The molecule has 0 aromatic rings. The Hall–Kier alpha value is -0.870. The molecule has 1 fully saturated rings. The van der Waals surface area contributed by atoms with Crippen molar-refractivity contribution in [1.82, 2.24) is 21.1 Å². The van der Waals surface area contributed by atoms with E-state index in [1.165, 1.54) is 0 Å². The lowest BCUT2D eigenvalue weighted by molar-refractivity contribution is -0.00722. The number of hydrazone groups is 2. The van der Waals surface area contributed by atoms with E-state index in [4.69, 9.17) is 4.74 Å². The van der Waals surface area contributed by atoms with Crippen molar-refractivity contribution in [1.29, 1.82) is 0 Å². The molecule has 18 heavy (non-hydrogen) atoms. The number of fused-ring (bicyclic) bond motifs is 1. The Labute approximate surface area is 123 Å². The smallest absolute Gasteiger partial charge is 0.189 e. The van der Waals surface area contributed by atoms with Crippen LogP contribution in [0.1, 0.15) is 13.3 Å². The van der Waals surface area contributed by atoms with Crippen molar-refractivity contribution < 1.29 is 4.74 Å². The van der Waals surface area contributed by atoms with E-state index >= 15 is 0 Å². The van der Waals surface area contributed by atoms with Crippen molar-refractivity contribution in [2.45, 2.75) is 19.4 Å². The second-order valence-corrected chi connectivity index (χ2v) is 4.14. The number of hydrazine groups is 2. The maximum atomic E-state index is 5.65. The summed E-state index contributed by atoms with van der Waals surface area (Å²) in [6.07, 6.45) is 5.26. The summed E-state index contributed by atoms with van der Waals surface area (Å²) in [6.45, 7) is 4.68. The number of amidine groups is 2. The van der Waals surface area contributed by atoms with Crippen LogP contribution in [0.3, 0.4) is 0 Å². The Balaban J connectivity index is 0.00000120. The lowest BCUT2D eigenvalue weighted by Gasteiger charge is -2.34. The van der Waals surface area contributed by atoms with Gasteiger partial charge in [0.2, 0.25) is 0 Å². The van der Waals surface area contributed by atoms with E-state index in [0.717, 1.165) is 37.8 Å². The van der Waals surface area contributed by atoms with Gasteiger partial charge in [-0.2, -0.15) is 5.12 Å². The Morgan fingerprint density at radius 2 is 2.28 bits per heavy atom. The molecule has 0 saturated carbocycles. The van der Waals surface area contributed by atoms with Gasteiger partial charge in [0.1, 0.15) is 0 Å². The Morgan fingerprint density at radius 1 is 1.44 bits per heavy atom. The van der Waals surface area contributed by atoms with Gasteiger partial charge in [-0.1, -0.05) is 6.92 Å². The number of hydrogen-bond donors (Lipinski definition) is 2. The molecule has 8 heteroatoms. The standard InChI is InChI=1S/C10H16N6O.HI/c1-2-8-7-15(5-6-17-8)10-4-3-9-11-13-14-16(9)12-10;/h3-4,8,13-14H,2,5-7H2,1H3;1H. The number of halogens is 1. The monoisotopic (exact) mass is 364 g/mol. The zero-order valence-electron chi connectivity index (χ0n) is 10.2. The largest absolute Gasteiger partial charge is 0.375 e. The third kappa shape index (κ3) is 2.59. The van der Waals surface area contributed by atoms with Crippen LogP contribution in [-0.4, -0.2) is 47.5 Å². The molecule has 3 aliphatic heterocycles. The molecular weight excluding hydrogens is 347 g/mol. The van der Waals surface area contributed by atoms with E-state index < -0.39 is 0 Å². The van der Waals surface area contributed by atoms with Crippen LogP contribution in [0, 0.1) is 0 Å². The first kappa shape index (κ1) is 13.6. The zero-order valence-corrected chi connectivity index (χ0v) is 12.5. The zero-order chi connectivity index (χ0) is 11.7. The lowest BCUT2D eigenvalue weighted by Crippen LogP contribution is -2.47. The molecule has 2 N–H and O–H groups in total. The average molecular weight is 364 g/mol. The molecule has 0 radical (unpaired) electrons. The van der Waals surface area contributed by atoms with Gasteiger partial charge in [0.15, 0.2) is 11.7 Å². The van der Waals surface area contributed by atoms with Crippen molar-refractivity contribution in [3.05, 3.63) is 12.2 Å². The van der Waals surface area contributed by atoms with E-state index in [1.807, 2.05) is 12.2 Å². The molecule has 0 amide bonds. The van der Waals surface area contributed by atoms with E-state index in [1.54, 1.807) is 5.12 Å². The molecule has 1 atom stereocenters. The second kappa shape index (κ2) is 5.85. The first-order valence-electron chi connectivity index (χ1n) is 5.88. The van der Waals surface area contributed by atoms with Crippen molar-refractivity contribution in [2.24, 2.45) is 10.2 Å². The first-order chi connectivity index (χ1) is 8.36. The topological polar surface area (TPSA) is 64.5 Å². The molecule has 7 nitrogen and oxygen atoms in total. The highest BCUT2D eigenvalue weighted by atomic mass is 127. The summed E-state index contributed by atoms with van der Waals surface area (Å²) in [7, 11) is 0. The number of ether oxygens (including phenoxy) is 1. The van der Waals surface area contributed by atoms with Gasteiger partial charge < -0.3 is 9.64 Å². The van der Waals surface area contributed by atoms with Crippen LogP contribution in [0.15, 0.2) is 22.4 Å². The first-order valence-corrected chi connectivity index (χ1v) is 5.88. The van der Waals surface area contributed by atoms with Crippen molar-refractivity contribution in [3.63, 3.8) is 0 Å². The minimum atomic E-state index is 0. The highest BCUT2D eigenvalue weighted by molar-refractivity contribution is 14.0. The number of morpholine rings is 1. The van der Waals surface area contributed by atoms with Gasteiger partial charge in [-0.25, -0.2) is 5.53 Å². The molecular formula is C10H17IN6O. The molecule has 0 aromatic carbocycles. The van der Waals surface area contributed by atoms with Crippen molar-refractivity contribution in [3.8, 4) is 0 Å². The highest BCUT2D eigenvalue weighted by Gasteiger charge is 2.25. The quantitative estimate of drug-likeness (QED) is 0.653. The number of hydrogen-bond acceptors (Lipinski definition) is 7. The van der Waals surface area contributed by atoms with Gasteiger partial charge in [0, 0.05) is 13.1 Å². The number of nitrogens with one attached hydrogen (secondary N) is 2. The second-order valence-electron chi connectivity index (χ2n) is 4.14. The summed E-state index contributed by atoms with van der Waals surface area (Å²) in [6, 6.07) is 0. The molecule has 1 unspecified atom stereocenters. The van der Waals surface area contributed by atoms with Crippen LogP contribution in [0.4, 0.5) is 0 Å². The minimum absolute atomic E-state index is 0. The van der Waals surface area contributed by atoms with Crippen LogP contribution in [0.5, 0.6) is 0 Å². The normalized spacial score (nSPS) is 25.9. The third-order valence-corrected chi connectivity index (χ3v) is 3.05. The van der Waals surface area contributed by atoms with Gasteiger partial charge in [-0.15, -0.1) is 39.7 Å². The van der Waals surface area contributed by atoms with Crippen molar-refractivity contribution in [2.75, 3.05) is 19.7 Å². The molecule has 0 aromatic heterocycles.